The third-order valence-corrected chi connectivity index (χ3v) is 4.53. The number of nitrogens with zero attached hydrogens (tertiary/aromatic N) is 1. The quantitative estimate of drug-likeness (QED) is 0.815. The molecule has 0 aliphatic rings. The lowest BCUT2D eigenvalue weighted by Gasteiger charge is -2.25. The summed E-state index contributed by atoms with van der Waals surface area (Å²) >= 11 is 0. The van der Waals surface area contributed by atoms with Crippen LogP contribution in [0.15, 0.2) is 29.2 Å². The van der Waals surface area contributed by atoms with Crippen molar-refractivity contribution in [3.8, 4) is 0 Å². The molecule has 0 heterocycles. The first-order chi connectivity index (χ1) is 7.89. The fourth-order valence-electron chi connectivity index (χ4n) is 1.62. The molecule has 17 heavy (non-hydrogen) atoms. The van der Waals surface area contributed by atoms with Gasteiger partial charge in [0.25, 0.3) is 0 Å². The van der Waals surface area contributed by atoms with Crippen LogP contribution in [0.4, 0.5) is 4.39 Å². The van der Waals surface area contributed by atoms with Gasteiger partial charge in [-0.15, -0.1) is 0 Å². The highest BCUT2D eigenvalue weighted by Gasteiger charge is 2.25. The molecule has 0 N–H and O–H groups in total. The molecule has 0 aliphatic heterocycles. The summed E-state index contributed by atoms with van der Waals surface area (Å²) in [5.74, 6) is -0.435. The largest absolute Gasteiger partial charge is 0.243 e. The van der Waals surface area contributed by atoms with Crippen molar-refractivity contribution in [2.24, 2.45) is 0 Å². The van der Waals surface area contributed by atoms with Crippen molar-refractivity contribution in [2.45, 2.75) is 38.1 Å². The maximum absolute atomic E-state index is 12.8. The summed E-state index contributed by atoms with van der Waals surface area (Å²) in [7, 11) is -3.51. The lowest BCUT2D eigenvalue weighted by atomic mass is 10.3. The van der Waals surface area contributed by atoms with Gasteiger partial charge in [-0.25, -0.2) is 12.8 Å². The first-order valence-corrected chi connectivity index (χ1v) is 7.11. The minimum absolute atomic E-state index is 0.106. The fourth-order valence-corrected chi connectivity index (χ4v) is 3.35. The maximum atomic E-state index is 12.8. The standard InChI is InChI=1S/C12H18FNO2S/c1-4-9-14(10(2)3)17(15,16)12-7-5-11(13)6-8-12/h5-8,10H,4,9H2,1-3H3. The molecule has 1 aromatic carbocycles. The van der Waals surface area contributed by atoms with E-state index in [9.17, 15) is 12.8 Å². The van der Waals surface area contributed by atoms with Crippen molar-refractivity contribution in [3.63, 3.8) is 0 Å². The Morgan fingerprint density at radius 1 is 1.24 bits per heavy atom. The molecule has 0 saturated heterocycles. The molecule has 0 aliphatic carbocycles. The van der Waals surface area contributed by atoms with Crippen molar-refractivity contribution in [1.82, 2.24) is 4.31 Å². The van der Waals surface area contributed by atoms with Gasteiger partial charge in [-0.05, 0) is 44.5 Å². The lowest BCUT2D eigenvalue weighted by molar-refractivity contribution is 0.354. The maximum Gasteiger partial charge on any atom is 0.243 e. The van der Waals surface area contributed by atoms with Gasteiger partial charge in [-0.3, -0.25) is 0 Å². The number of hydrogen-bond donors (Lipinski definition) is 0. The van der Waals surface area contributed by atoms with Gasteiger partial charge in [0.15, 0.2) is 0 Å². The van der Waals surface area contributed by atoms with Crippen LogP contribution in [0.1, 0.15) is 27.2 Å². The van der Waals surface area contributed by atoms with Gasteiger partial charge in [-0.2, -0.15) is 4.31 Å². The van der Waals surface area contributed by atoms with Crippen LogP contribution in [0, 0.1) is 5.82 Å². The second-order valence-electron chi connectivity index (χ2n) is 4.16. The molecule has 0 unspecified atom stereocenters. The van der Waals surface area contributed by atoms with E-state index in [1.54, 1.807) is 0 Å². The number of benzene rings is 1. The Labute approximate surface area is 102 Å². The summed E-state index contributed by atoms with van der Waals surface area (Å²) in [5.41, 5.74) is 0. The molecule has 0 spiro atoms. The Kier molecular flexibility index (Phi) is 4.65. The molecule has 0 aromatic heterocycles. The first-order valence-electron chi connectivity index (χ1n) is 5.67. The van der Waals surface area contributed by atoms with Gasteiger partial charge in [0, 0.05) is 12.6 Å². The summed E-state index contributed by atoms with van der Waals surface area (Å²) < 4.78 is 38.8. The molecule has 0 bridgehead atoms. The highest BCUT2D eigenvalue weighted by atomic mass is 32.2. The fraction of sp³-hybridized carbons (Fsp3) is 0.500. The summed E-state index contributed by atoms with van der Waals surface area (Å²) in [6.45, 7) is 6.06. The Balaban J connectivity index is 3.12. The molecule has 0 fully saturated rings. The molecule has 0 saturated carbocycles. The van der Waals surface area contributed by atoms with Crippen LogP contribution < -0.4 is 0 Å². The SMILES string of the molecule is CCCN(C(C)C)S(=O)(=O)c1ccc(F)cc1. The van der Waals surface area contributed by atoms with Gasteiger partial charge >= 0.3 is 0 Å². The van der Waals surface area contributed by atoms with E-state index < -0.39 is 15.8 Å². The van der Waals surface area contributed by atoms with Gasteiger partial charge < -0.3 is 0 Å². The van der Waals surface area contributed by atoms with E-state index >= 15 is 0 Å². The molecule has 1 rings (SSSR count). The molecule has 0 atom stereocenters. The smallest absolute Gasteiger partial charge is 0.207 e. The summed E-state index contributed by atoms with van der Waals surface area (Å²) in [5, 5.41) is 0. The Hall–Kier alpha value is -0.940. The lowest BCUT2D eigenvalue weighted by Crippen LogP contribution is -2.37. The van der Waals surface area contributed by atoms with Crippen molar-refractivity contribution < 1.29 is 12.8 Å². The third kappa shape index (κ3) is 3.26. The molecule has 1 aromatic rings. The highest BCUT2D eigenvalue weighted by molar-refractivity contribution is 7.89. The first kappa shape index (κ1) is 14.1. The van der Waals surface area contributed by atoms with Crippen LogP contribution in [0.3, 0.4) is 0 Å². The van der Waals surface area contributed by atoms with Crippen LogP contribution in [0.25, 0.3) is 0 Å². The zero-order valence-electron chi connectivity index (χ0n) is 10.4. The number of rotatable bonds is 5. The number of halogens is 1. The third-order valence-electron chi connectivity index (χ3n) is 2.44. The summed E-state index contributed by atoms with van der Waals surface area (Å²) in [6, 6.07) is 4.82. The predicted molar refractivity (Wildman–Crippen MR) is 65.7 cm³/mol. The van der Waals surface area contributed by atoms with Gasteiger partial charge in [0.2, 0.25) is 10.0 Å². The van der Waals surface area contributed by atoms with E-state index in [1.165, 1.54) is 16.4 Å². The van der Waals surface area contributed by atoms with Crippen molar-refractivity contribution in [3.05, 3.63) is 30.1 Å². The minimum Gasteiger partial charge on any atom is -0.207 e. The van der Waals surface area contributed by atoms with E-state index in [0.717, 1.165) is 18.6 Å². The molecule has 0 amide bonds. The van der Waals surface area contributed by atoms with E-state index in [-0.39, 0.29) is 10.9 Å². The highest BCUT2D eigenvalue weighted by Crippen LogP contribution is 2.18. The normalized spacial score (nSPS) is 12.4. The Morgan fingerprint density at radius 3 is 2.18 bits per heavy atom. The van der Waals surface area contributed by atoms with Crippen molar-refractivity contribution in [2.75, 3.05) is 6.54 Å². The zero-order chi connectivity index (χ0) is 13.1. The second kappa shape index (κ2) is 5.60. The molecular formula is C12H18FNO2S. The molecule has 0 radical (unpaired) electrons. The van der Waals surface area contributed by atoms with Crippen molar-refractivity contribution in [1.29, 1.82) is 0 Å². The van der Waals surface area contributed by atoms with Gasteiger partial charge in [0.1, 0.15) is 5.82 Å². The average molecular weight is 259 g/mol. The zero-order valence-corrected chi connectivity index (χ0v) is 11.2. The predicted octanol–water partition coefficient (Wildman–Crippen LogP) is 2.63. The van der Waals surface area contributed by atoms with E-state index in [4.69, 9.17) is 0 Å². The summed E-state index contributed by atoms with van der Waals surface area (Å²) in [4.78, 5) is 0.140. The van der Waals surface area contributed by atoms with Crippen LogP contribution in [0.5, 0.6) is 0 Å². The molecule has 96 valence electrons. The Bertz CT molecular complexity index is 454. The van der Waals surface area contributed by atoms with Crippen molar-refractivity contribution >= 4 is 10.0 Å². The van der Waals surface area contributed by atoms with Gasteiger partial charge in [-0.1, -0.05) is 6.92 Å². The van der Waals surface area contributed by atoms with E-state index in [2.05, 4.69) is 0 Å². The number of sulfonamides is 1. The van der Waals surface area contributed by atoms with E-state index in [0.29, 0.717) is 6.54 Å². The average Bonchev–Trinajstić information content (AvgIpc) is 2.25. The summed E-state index contributed by atoms with van der Waals surface area (Å²) in [6.07, 6.45) is 0.749. The molecule has 3 nitrogen and oxygen atoms in total. The van der Waals surface area contributed by atoms with Gasteiger partial charge in [0.05, 0.1) is 4.90 Å². The second-order valence-corrected chi connectivity index (χ2v) is 6.05. The van der Waals surface area contributed by atoms with Crippen LogP contribution in [0.2, 0.25) is 0 Å². The van der Waals surface area contributed by atoms with Crippen LogP contribution in [-0.2, 0) is 10.0 Å². The monoisotopic (exact) mass is 259 g/mol. The molecule has 5 heteroatoms. The van der Waals surface area contributed by atoms with Crippen LogP contribution >= 0.6 is 0 Å². The van der Waals surface area contributed by atoms with E-state index in [1.807, 2.05) is 20.8 Å². The number of hydrogen-bond acceptors (Lipinski definition) is 2. The topological polar surface area (TPSA) is 37.4 Å². The Morgan fingerprint density at radius 2 is 1.76 bits per heavy atom. The van der Waals surface area contributed by atoms with Crippen LogP contribution in [-0.4, -0.2) is 25.3 Å². The molecular weight excluding hydrogens is 241 g/mol. The minimum atomic E-state index is -3.51.